The maximum Gasteiger partial charge on any atom is 0.241 e. The van der Waals surface area contributed by atoms with E-state index in [4.69, 9.17) is 16.3 Å². The van der Waals surface area contributed by atoms with E-state index in [1.807, 2.05) is 19.1 Å². The Bertz CT molecular complexity index is 621. The van der Waals surface area contributed by atoms with Crippen LogP contribution in [-0.4, -0.2) is 51.1 Å². The monoisotopic (exact) mass is 480 g/mol. The SMILES string of the molecule is C=C(C)CNC(=NCc1ccc(OC)c(Cl)c1)NCC(=O)N(C)C.I. The number of aliphatic imine (C=N–C) groups is 1. The minimum Gasteiger partial charge on any atom is -0.495 e. The highest BCUT2D eigenvalue weighted by molar-refractivity contribution is 14.0. The van der Waals surface area contributed by atoms with Gasteiger partial charge in [-0.3, -0.25) is 4.79 Å². The number of rotatable bonds is 7. The normalized spacial score (nSPS) is 10.5. The minimum atomic E-state index is -0.0349. The van der Waals surface area contributed by atoms with Crippen molar-refractivity contribution >= 4 is 47.4 Å². The van der Waals surface area contributed by atoms with Crippen LogP contribution in [0.5, 0.6) is 5.75 Å². The summed E-state index contributed by atoms with van der Waals surface area (Å²) in [5, 5.41) is 6.68. The van der Waals surface area contributed by atoms with E-state index in [1.165, 1.54) is 4.90 Å². The number of carbonyl (C=O) groups excluding carboxylic acids is 1. The second-order valence-corrected chi connectivity index (χ2v) is 5.99. The first kappa shape index (κ1) is 23.5. The molecule has 0 aliphatic carbocycles. The number of benzene rings is 1. The van der Waals surface area contributed by atoms with Crippen molar-refractivity contribution in [2.75, 3.05) is 34.3 Å². The number of methoxy groups -OCH3 is 1. The van der Waals surface area contributed by atoms with Crippen molar-refractivity contribution in [2.24, 2.45) is 4.99 Å². The van der Waals surface area contributed by atoms with Gasteiger partial charge in [0, 0.05) is 20.6 Å². The van der Waals surface area contributed by atoms with E-state index in [2.05, 4.69) is 22.2 Å². The van der Waals surface area contributed by atoms with E-state index in [1.54, 1.807) is 27.3 Å². The van der Waals surface area contributed by atoms with E-state index >= 15 is 0 Å². The Morgan fingerprint density at radius 2 is 1.96 bits per heavy atom. The van der Waals surface area contributed by atoms with Crippen LogP contribution in [0.3, 0.4) is 0 Å². The van der Waals surface area contributed by atoms with Crippen LogP contribution in [0.4, 0.5) is 0 Å². The van der Waals surface area contributed by atoms with Gasteiger partial charge in [0.2, 0.25) is 5.91 Å². The maximum atomic E-state index is 11.7. The summed E-state index contributed by atoms with van der Waals surface area (Å²) >= 11 is 6.12. The van der Waals surface area contributed by atoms with Crippen molar-refractivity contribution in [3.63, 3.8) is 0 Å². The van der Waals surface area contributed by atoms with Crippen molar-refractivity contribution in [3.8, 4) is 5.75 Å². The molecule has 1 amide bonds. The highest BCUT2D eigenvalue weighted by Crippen LogP contribution is 2.25. The molecule has 140 valence electrons. The second kappa shape index (κ2) is 12.0. The Hall–Kier alpha value is -1.48. The van der Waals surface area contributed by atoms with Gasteiger partial charge in [0.05, 0.1) is 25.2 Å². The van der Waals surface area contributed by atoms with Crippen LogP contribution >= 0.6 is 35.6 Å². The van der Waals surface area contributed by atoms with Gasteiger partial charge >= 0.3 is 0 Å². The van der Waals surface area contributed by atoms with Crippen molar-refractivity contribution < 1.29 is 9.53 Å². The number of nitrogens with one attached hydrogen (secondary N) is 2. The predicted molar refractivity (Wildman–Crippen MR) is 114 cm³/mol. The lowest BCUT2D eigenvalue weighted by molar-refractivity contribution is -0.127. The fourth-order valence-corrected chi connectivity index (χ4v) is 1.99. The van der Waals surface area contributed by atoms with E-state index < -0.39 is 0 Å². The molecule has 0 spiro atoms. The molecule has 0 fully saturated rings. The topological polar surface area (TPSA) is 66.0 Å². The molecule has 0 atom stereocenters. The molecule has 25 heavy (non-hydrogen) atoms. The lowest BCUT2D eigenvalue weighted by Crippen LogP contribution is -2.43. The zero-order valence-electron chi connectivity index (χ0n) is 15.1. The lowest BCUT2D eigenvalue weighted by atomic mass is 10.2. The fraction of sp³-hybridized carbons (Fsp3) is 0.412. The molecule has 0 saturated heterocycles. The lowest BCUT2D eigenvalue weighted by Gasteiger charge is -2.15. The number of hydrogen-bond donors (Lipinski definition) is 2. The van der Waals surface area contributed by atoms with Gasteiger partial charge in [0.25, 0.3) is 0 Å². The van der Waals surface area contributed by atoms with Crippen LogP contribution in [0.15, 0.2) is 35.3 Å². The second-order valence-electron chi connectivity index (χ2n) is 5.59. The summed E-state index contributed by atoms with van der Waals surface area (Å²) in [7, 11) is 4.99. The number of guanidine groups is 1. The smallest absolute Gasteiger partial charge is 0.241 e. The third-order valence-electron chi connectivity index (χ3n) is 3.10. The van der Waals surface area contributed by atoms with Crippen molar-refractivity contribution in [3.05, 3.63) is 40.9 Å². The first-order valence-corrected chi connectivity index (χ1v) is 7.90. The molecule has 1 aromatic carbocycles. The quantitative estimate of drug-likeness (QED) is 0.273. The van der Waals surface area contributed by atoms with Gasteiger partial charge in [0.15, 0.2) is 5.96 Å². The van der Waals surface area contributed by atoms with Crippen LogP contribution in [0, 0.1) is 0 Å². The van der Waals surface area contributed by atoms with Gasteiger partial charge in [-0.1, -0.05) is 29.8 Å². The number of hydrogen-bond acceptors (Lipinski definition) is 3. The Balaban J connectivity index is 0.00000576. The molecule has 1 rings (SSSR count). The van der Waals surface area contributed by atoms with Crippen molar-refractivity contribution in [1.82, 2.24) is 15.5 Å². The molecule has 0 heterocycles. The number of amides is 1. The summed E-state index contributed by atoms with van der Waals surface area (Å²) in [6.45, 7) is 6.93. The molecular formula is C17H26ClIN4O2. The number of carbonyl (C=O) groups is 1. The molecule has 0 bridgehead atoms. The molecule has 6 nitrogen and oxygen atoms in total. The summed E-state index contributed by atoms with van der Waals surface area (Å²) in [5.74, 6) is 1.13. The Kier molecular flexibility index (Phi) is 11.3. The standard InChI is InChI=1S/C17H25ClN4O2.HI/c1-12(2)9-19-17(21-11-16(23)22(3)4)20-10-13-6-7-15(24-5)14(18)8-13;/h6-8H,1,9-11H2,2-5H3,(H2,19,20,21);1H. The zero-order chi connectivity index (χ0) is 18.1. The summed E-state index contributed by atoms with van der Waals surface area (Å²) in [6, 6.07) is 5.51. The minimum absolute atomic E-state index is 0. The van der Waals surface area contributed by atoms with Crippen LogP contribution in [0.25, 0.3) is 0 Å². The average Bonchev–Trinajstić information content (AvgIpc) is 2.53. The average molecular weight is 481 g/mol. The molecular weight excluding hydrogens is 455 g/mol. The van der Waals surface area contributed by atoms with Gasteiger partial charge in [-0.2, -0.15) is 0 Å². The van der Waals surface area contributed by atoms with Gasteiger partial charge in [0.1, 0.15) is 5.75 Å². The van der Waals surface area contributed by atoms with Crippen LogP contribution < -0.4 is 15.4 Å². The highest BCUT2D eigenvalue weighted by atomic mass is 127. The molecule has 0 aromatic heterocycles. The third-order valence-corrected chi connectivity index (χ3v) is 3.39. The molecule has 0 unspecified atom stereocenters. The van der Waals surface area contributed by atoms with E-state index in [0.29, 0.717) is 29.8 Å². The molecule has 8 heteroatoms. The van der Waals surface area contributed by atoms with Gasteiger partial charge < -0.3 is 20.3 Å². The molecule has 1 aromatic rings. The maximum absolute atomic E-state index is 11.7. The summed E-state index contributed by atoms with van der Waals surface area (Å²) < 4.78 is 5.13. The first-order valence-electron chi connectivity index (χ1n) is 7.52. The van der Waals surface area contributed by atoms with Crippen LogP contribution in [0.2, 0.25) is 5.02 Å². The van der Waals surface area contributed by atoms with E-state index in [-0.39, 0.29) is 36.4 Å². The van der Waals surface area contributed by atoms with Crippen LogP contribution in [-0.2, 0) is 11.3 Å². The van der Waals surface area contributed by atoms with Gasteiger partial charge in [-0.05, 0) is 24.6 Å². The van der Waals surface area contributed by atoms with Crippen molar-refractivity contribution in [2.45, 2.75) is 13.5 Å². The third kappa shape index (κ3) is 8.97. The number of halogens is 2. The molecule has 0 aliphatic rings. The van der Waals surface area contributed by atoms with E-state index in [0.717, 1.165) is 11.1 Å². The summed E-state index contributed by atoms with van der Waals surface area (Å²) in [4.78, 5) is 17.7. The van der Waals surface area contributed by atoms with Gasteiger partial charge in [-0.15, -0.1) is 24.0 Å². The van der Waals surface area contributed by atoms with Crippen LogP contribution in [0.1, 0.15) is 12.5 Å². The van der Waals surface area contributed by atoms with E-state index in [9.17, 15) is 4.79 Å². The molecule has 0 saturated carbocycles. The highest BCUT2D eigenvalue weighted by Gasteiger charge is 2.06. The largest absolute Gasteiger partial charge is 0.495 e. The zero-order valence-corrected chi connectivity index (χ0v) is 18.1. The molecule has 2 N–H and O–H groups in total. The predicted octanol–water partition coefficient (Wildman–Crippen LogP) is 2.67. The number of ether oxygens (including phenoxy) is 1. The van der Waals surface area contributed by atoms with Gasteiger partial charge in [-0.25, -0.2) is 4.99 Å². The Morgan fingerprint density at radius 1 is 1.32 bits per heavy atom. The molecule has 0 aliphatic heterocycles. The summed E-state index contributed by atoms with van der Waals surface area (Å²) in [6.07, 6.45) is 0. The molecule has 0 radical (unpaired) electrons. The fourth-order valence-electron chi connectivity index (χ4n) is 1.70. The number of nitrogens with zero attached hydrogens (tertiary/aromatic N) is 2. The summed E-state index contributed by atoms with van der Waals surface area (Å²) in [5.41, 5.74) is 1.91. The number of likely N-dealkylation sites (N-methyl/N-ethyl adjacent to an activating group) is 1. The first-order chi connectivity index (χ1) is 11.3. The Labute approximate surface area is 171 Å². The van der Waals surface area contributed by atoms with Crippen molar-refractivity contribution in [1.29, 1.82) is 0 Å². The Morgan fingerprint density at radius 3 is 2.48 bits per heavy atom.